The molecular weight excluding hydrogens is 248 g/mol. The summed E-state index contributed by atoms with van der Waals surface area (Å²) >= 11 is 0. The molecule has 0 atom stereocenters. The van der Waals surface area contributed by atoms with Crippen molar-refractivity contribution in [1.29, 1.82) is 0 Å². The van der Waals surface area contributed by atoms with Gasteiger partial charge in [0.25, 0.3) is 0 Å². The van der Waals surface area contributed by atoms with Crippen LogP contribution in [0.25, 0.3) is 11.8 Å². The Hall–Kier alpha value is -2.61. The maximum atomic E-state index is 11.9. The molecule has 3 rings (SSSR count). The molecule has 0 aliphatic carbocycles. The first-order valence-electron chi connectivity index (χ1n) is 6.51. The number of esters is 1. The summed E-state index contributed by atoms with van der Waals surface area (Å²) in [5, 5.41) is 0. The molecule has 1 heterocycles. The van der Waals surface area contributed by atoms with Crippen LogP contribution in [0.4, 0.5) is 0 Å². The lowest BCUT2D eigenvalue weighted by atomic mass is 10.1. The van der Waals surface area contributed by atoms with E-state index in [1.807, 2.05) is 67.6 Å². The molecule has 0 N–H and O–H groups in total. The topological polar surface area (TPSA) is 26.3 Å². The molecule has 2 heteroatoms. The fourth-order valence-electron chi connectivity index (χ4n) is 2.15. The highest BCUT2D eigenvalue weighted by atomic mass is 16.5. The highest BCUT2D eigenvalue weighted by Crippen LogP contribution is 2.27. The Morgan fingerprint density at radius 2 is 1.65 bits per heavy atom. The number of carbonyl (C=O) groups excluding carboxylic acids is 1. The minimum absolute atomic E-state index is 0.299. The van der Waals surface area contributed by atoms with Crippen molar-refractivity contribution in [3.63, 3.8) is 0 Å². The minimum atomic E-state index is -0.299. The van der Waals surface area contributed by atoms with Crippen molar-refractivity contribution in [3.8, 4) is 0 Å². The van der Waals surface area contributed by atoms with Crippen LogP contribution in [0.2, 0.25) is 0 Å². The Labute approximate surface area is 118 Å². The number of aryl methyl sites for hydroxylation is 1. The Kier molecular flexibility index (Phi) is 3.21. The van der Waals surface area contributed by atoms with E-state index in [9.17, 15) is 4.79 Å². The molecule has 0 unspecified atom stereocenters. The molecular formula is C18H14O2. The van der Waals surface area contributed by atoms with Crippen molar-refractivity contribution in [2.75, 3.05) is 0 Å². The quantitative estimate of drug-likeness (QED) is 0.604. The Morgan fingerprint density at radius 1 is 0.950 bits per heavy atom. The molecule has 20 heavy (non-hydrogen) atoms. The number of ether oxygens (including phenoxy) is 1. The minimum Gasteiger partial charge on any atom is -0.422 e. The summed E-state index contributed by atoms with van der Waals surface area (Å²) < 4.78 is 5.33. The molecule has 0 fully saturated rings. The number of cyclic esters (lactones) is 1. The average Bonchev–Trinajstić information content (AvgIpc) is 2.84. The standard InChI is InChI=1S/C18H14O2/c1-13-7-5-6-10-15(13)11-16-12-17(20-18(16)19)14-8-3-2-4-9-14/h2-12H,1H3/b16-11+. The normalized spacial score (nSPS) is 16.1. The van der Waals surface area contributed by atoms with Crippen LogP contribution >= 0.6 is 0 Å². The summed E-state index contributed by atoms with van der Waals surface area (Å²) in [5.74, 6) is 0.308. The zero-order chi connectivity index (χ0) is 13.9. The van der Waals surface area contributed by atoms with Crippen molar-refractivity contribution >= 4 is 17.8 Å². The van der Waals surface area contributed by atoms with Gasteiger partial charge in [0, 0.05) is 5.56 Å². The first-order chi connectivity index (χ1) is 9.74. The van der Waals surface area contributed by atoms with Gasteiger partial charge in [-0.15, -0.1) is 0 Å². The lowest BCUT2D eigenvalue weighted by Gasteiger charge is -2.00. The van der Waals surface area contributed by atoms with Crippen LogP contribution in [-0.2, 0) is 9.53 Å². The van der Waals surface area contributed by atoms with Crippen molar-refractivity contribution in [1.82, 2.24) is 0 Å². The largest absolute Gasteiger partial charge is 0.422 e. The van der Waals surface area contributed by atoms with Gasteiger partial charge in [0.2, 0.25) is 0 Å². The van der Waals surface area contributed by atoms with E-state index in [0.29, 0.717) is 11.3 Å². The third-order valence-corrected chi connectivity index (χ3v) is 3.28. The van der Waals surface area contributed by atoms with Gasteiger partial charge in [0.15, 0.2) is 0 Å². The SMILES string of the molecule is Cc1ccccc1/C=C1\C=C(c2ccccc2)OC1=O. The molecule has 0 bridgehead atoms. The Bertz CT molecular complexity index is 709. The van der Waals surface area contributed by atoms with Crippen molar-refractivity contribution in [3.05, 3.63) is 82.9 Å². The number of benzene rings is 2. The predicted octanol–water partition coefficient (Wildman–Crippen LogP) is 3.98. The maximum absolute atomic E-state index is 11.9. The molecule has 0 aromatic heterocycles. The van der Waals surface area contributed by atoms with E-state index < -0.39 is 0 Å². The highest BCUT2D eigenvalue weighted by molar-refractivity contribution is 6.05. The van der Waals surface area contributed by atoms with E-state index in [4.69, 9.17) is 4.74 Å². The van der Waals surface area contributed by atoms with E-state index in [0.717, 1.165) is 16.7 Å². The molecule has 0 saturated heterocycles. The number of rotatable bonds is 2. The summed E-state index contributed by atoms with van der Waals surface area (Å²) in [7, 11) is 0. The van der Waals surface area contributed by atoms with Crippen LogP contribution in [0.3, 0.4) is 0 Å². The van der Waals surface area contributed by atoms with Gasteiger partial charge >= 0.3 is 5.97 Å². The predicted molar refractivity (Wildman–Crippen MR) is 79.7 cm³/mol. The molecule has 1 aliphatic rings. The smallest absolute Gasteiger partial charge is 0.343 e. The molecule has 2 nitrogen and oxygen atoms in total. The van der Waals surface area contributed by atoms with Crippen LogP contribution in [-0.4, -0.2) is 5.97 Å². The van der Waals surface area contributed by atoms with Gasteiger partial charge in [0.1, 0.15) is 5.76 Å². The second kappa shape index (κ2) is 5.17. The van der Waals surface area contributed by atoms with Crippen LogP contribution in [0.1, 0.15) is 16.7 Å². The van der Waals surface area contributed by atoms with Gasteiger partial charge in [-0.05, 0) is 30.2 Å². The summed E-state index contributed by atoms with van der Waals surface area (Å²) in [5.41, 5.74) is 3.66. The summed E-state index contributed by atoms with van der Waals surface area (Å²) in [6, 6.07) is 17.6. The van der Waals surface area contributed by atoms with Crippen molar-refractivity contribution in [2.45, 2.75) is 6.92 Å². The average molecular weight is 262 g/mol. The van der Waals surface area contributed by atoms with Crippen molar-refractivity contribution < 1.29 is 9.53 Å². The van der Waals surface area contributed by atoms with E-state index in [-0.39, 0.29) is 5.97 Å². The van der Waals surface area contributed by atoms with E-state index in [1.165, 1.54) is 0 Å². The van der Waals surface area contributed by atoms with Gasteiger partial charge in [-0.1, -0.05) is 54.6 Å². The maximum Gasteiger partial charge on any atom is 0.343 e. The van der Waals surface area contributed by atoms with E-state index >= 15 is 0 Å². The van der Waals surface area contributed by atoms with Gasteiger partial charge < -0.3 is 4.74 Å². The Morgan fingerprint density at radius 3 is 2.40 bits per heavy atom. The third kappa shape index (κ3) is 2.41. The second-order valence-electron chi connectivity index (χ2n) is 4.72. The molecule has 1 aliphatic heterocycles. The van der Waals surface area contributed by atoms with Crippen LogP contribution < -0.4 is 0 Å². The molecule has 0 radical (unpaired) electrons. The summed E-state index contributed by atoms with van der Waals surface area (Å²) in [6.45, 7) is 2.02. The van der Waals surface area contributed by atoms with Gasteiger partial charge in [-0.3, -0.25) is 0 Å². The van der Waals surface area contributed by atoms with Crippen LogP contribution in [0, 0.1) is 6.92 Å². The van der Waals surface area contributed by atoms with Crippen molar-refractivity contribution in [2.24, 2.45) is 0 Å². The second-order valence-corrected chi connectivity index (χ2v) is 4.72. The van der Waals surface area contributed by atoms with E-state index in [2.05, 4.69) is 0 Å². The molecule has 2 aromatic rings. The van der Waals surface area contributed by atoms with Gasteiger partial charge in [0.05, 0.1) is 5.57 Å². The molecule has 98 valence electrons. The number of carbonyl (C=O) groups is 1. The van der Waals surface area contributed by atoms with Crippen LogP contribution in [0.5, 0.6) is 0 Å². The molecule has 2 aromatic carbocycles. The number of hydrogen-bond acceptors (Lipinski definition) is 2. The lowest BCUT2D eigenvalue weighted by Crippen LogP contribution is -1.97. The third-order valence-electron chi connectivity index (χ3n) is 3.28. The lowest BCUT2D eigenvalue weighted by molar-refractivity contribution is -0.130. The highest BCUT2D eigenvalue weighted by Gasteiger charge is 2.21. The summed E-state index contributed by atoms with van der Waals surface area (Å²) in [4.78, 5) is 11.9. The molecule has 0 spiro atoms. The molecule has 0 amide bonds. The first kappa shape index (κ1) is 12.4. The first-order valence-corrected chi connectivity index (χ1v) is 6.51. The fraction of sp³-hybridized carbons (Fsp3) is 0.0556. The fourth-order valence-corrected chi connectivity index (χ4v) is 2.15. The summed E-state index contributed by atoms with van der Waals surface area (Å²) in [6.07, 6.45) is 3.66. The Balaban J connectivity index is 1.97. The zero-order valence-corrected chi connectivity index (χ0v) is 11.2. The molecule has 0 saturated carbocycles. The number of hydrogen-bond donors (Lipinski definition) is 0. The zero-order valence-electron chi connectivity index (χ0n) is 11.2. The monoisotopic (exact) mass is 262 g/mol. The van der Waals surface area contributed by atoms with Crippen LogP contribution in [0.15, 0.2) is 66.2 Å². The van der Waals surface area contributed by atoms with E-state index in [1.54, 1.807) is 6.08 Å². The van der Waals surface area contributed by atoms with Gasteiger partial charge in [-0.25, -0.2) is 4.79 Å². The van der Waals surface area contributed by atoms with Gasteiger partial charge in [-0.2, -0.15) is 0 Å².